The minimum Gasteiger partial charge on any atom is -0.465 e. The van der Waals surface area contributed by atoms with E-state index in [1.54, 1.807) is 0 Å². The maximum Gasteiger partial charge on any atom is 0.410 e. The Morgan fingerprint density at radius 1 is 1.38 bits per heavy atom. The van der Waals surface area contributed by atoms with E-state index in [4.69, 9.17) is 10.8 Å². The number of anilines is 1. The number of aliphatic imine (C=N–C) groups is 1. The zero-order valence-corrected chi connectivity index (χ0v) is 14.1. The lowest BCUT2D eigenvalue weighted by Gasteiger charge is -2.55. The lowest BCUT2D eigenvalue weighted by molar-refractivity contribution is 0.198. The summed E-state index contributed by atoms with van der Waals surface area (Å²) in [7, 11) is -4.05. The Bertz CT molecular complexity index is 726. The number of nitrogens with two attached hydrogens (primary N) is 1. The second-order valence-electron chi connectivity index (χ2n) is 6.20. The van der Waals surface area contributed by atoms with E-state index in [-0.39, 0.29) is 17.1 Å². The molecule has 10 heteroatoms. The number of nitrogen functional groups attached to an aromatic ring is 1. The molecule has 0 bridgehead atoms. The van der Waals surface area contributed by atoms with Crippen LogP contribution in [-0.4, -0.2) is 36.4 Å². The Morgan fingerprint density at radius 3 is 2.50 bits per heavy atom. The van der Waals surface area contributed by atoms with Gasteiger partial charge in [-0.1, -0.05) is 0 Å². The number of carboxylic acid groups (broad SMARTS) is 1. The quantitative estimate of drug-likeness (QED) is 0.490. The van der Waals surface area contributed by atoms with Gasteiger partial charge in [-0.25, -0.2) is 13.6 Å². The molecule has 0 saturated heterocycles. The van der Waals surface area contributed by atoms with E-state index < -0.39 is 38.3 Å². The fraction of sp³-hybridized carbons (Fsp3) is 0.429. The minimum absolute atomic E-state index is 0.129. The van der Waals surface area contributed by atoms with Crippen molar-refractivity contribution in [3.05, 3.63) is 29.6 Å². The molecule has 134 valence electrons. The van der Waals surface area contributed by atoms with Crippen LogP contribution in [0, 0.1) is 5.82 Å². The minimum atomic E-state index is -4.05. The Hall–Kier alpha value is -1.91. The van der Waals surface area contributed by atoms with Crippen LogP contribution in [0.2, 0.25) is 0 Å². The first-order chi connectivity index (χ1) is 10.8. The molecule has 0 radical (unpaired) electrons. The molecular formula is C14H19F2N3O4S. The predicted octanol–water partition coefficient (Wildman–Crippen LogP) is 3.13. The molecule has 6 N–H and O–H groups in total. The number of halogens is 2. The summed E-state index contributed by atoms with van der Waals surface area (Å²) in [6.45, 7) is 3.65. The number of hydrogen-bond donors (Lipinski definition) is 5. The van der Waals surface area contributed by atoms with Crippen LogP contribution in [0.25, 0.3) is 0 Å². The number of nitrogens with zero attached hydrogens (tertiary/aromatic N) is 1. The average molecular weight is 363 g/mol. The van der Waals surface area contributed by atoms with Crippen molar-refractivity contribution in [3.8, 4) is 0 Å². The largest absolute Gasteiger partial charge is 0.465 e. The first kappa shape index (κ1) is 18.4. The summed E-state index contributed by atoms with van der Waals surface area (Å²) in [5.41, 5.74) is 1.01. The molecule has 24 heavy (non-hydrogen) atoms. The highest BCUT2D eigenvalue weighted by molar-refractivity contribution is 8.26. The molecule has 2 rings (SSSR count). The SMILES string of the molecule is CC1(C)C(NC(=O)O)=N[C@](C)(c2cc(N)ccc2F)C(F)S1(O)O. The fourth-order valence-corrected chi connectivity index (χ4v) is 4.25. The van der Waals surface area contributed by atoms with Gasteiger partial charge in [0.05, 0.1) is 0 Å². The fourth-order valence-electron chi connectivity index (χ4n) is 2.53. The number of hydrogen-bond acceptors (Lipinski definition) is 5. The lowest BCUT2D eigenvalue weighted by atomic mass is 9.92. The highest BCUT2D eigenvalue weighted by Gasteiger charge is 2.58. The lowest BCUT2D eigenvalue weighted by Crippen LogP contribution is -2.57. The number of carbonyl (C=O) groups is 1. The molecule has 0 fully saturated rings. The van der Waals surface area contributed by atoms with Crippen molar-refractivity contribution >= 4 is 28.2 Å². The molecule has 1 heterocycles. The summed E-state index contributed by atoms with van der Waals surface area (Å²) in [4.78, 5) is 15.0. The van der Waals surface area contributed by atoms with Crippen LogP contribution in [-0.2, 0) is 5.54 Å². The van der Waals surface area contributed by atoms with Crippen molar-refractivity contribution in [3.63, 3.8) is 0 Å². The molecular weight excluding hydrogens is 344 g/mol. The van der Waals surface area contributed by atoms with Gasteiger partial charge >= 0.3 is 6.09 Å². The van der Waals surface area contributed by atoms with Crippen molar-refractivity contribution in [2.24, 2.45) is 4.99 Å². The van der Waals surface area contributed by atoms with E-state index in [1.807, 2.05) is 5.32 Å². The number of benzene rings is 1. The first-order valence-corrected chi connectivity index (χ1v) is 8.51. The smallest absolute Gasteiger partial charge is 0.410 e. The van der Waals surface area contributed by atoms with Crippen LogP contribution in [0.4, 0.5) is 19.3 Å². The van der Waals surface area contributed by atoms with Crippen molar-refractivity contribution in [1.29, 1.82) is 0 Å². The molecule has 0 aliphatic carbocycles. The van der Waals surface area contributed by atoms with Crippen molar-refractivity contribution < 1.29 is 27.8 Å². The van der Waals surface area contributed by atoms with E-state index in [1.165, 1.54) is 19.9 Å². The van der Waals surface area contributed by atoms with Crippen LogP contribution in [0.3, 0.4) is 0 Å². The molecule has 0 spiro atoms. The molecule has 1 aromatic carbocycles. The summed E-state index contributed by atoms with van der Waals surface area (Å²) in [5.74, 6) is -1.21. The van der Waals surface area contributed by atoms with Crippen LogP contribution in [0.15, 0.2) is 23.2 Å². The number of amides is 1. The van der Waals surface area contributed by atoms with Gasteiger partial charge in [0.2, 0.25) is 5.50 Å². The number of alkyl halides is 1. The standard InChI is InChI=1S/C14H19F2N3O4S/c1-13(2)11(18-12(20)21)19-14(3,10(16)24(13,22)23)8-6-7(17)4-5-9(8)15/h4-6,10,22-23H,17H2,1-3H3,(H,18,19)(H,20,21)/t10?,14-/m1/s1. The third-order valence-electron chi connectivity index (χ3n) is 4.16. The van der Waals surface area contributed by atoms with Crippen LogP contribution in [0.5, 0.6) is 0 Å². The van der Waals surface area contributed by atoms with Gasteiger partial charge in [-0.2, -0.15) is 10.6 Å². The summed E-state index contributed by atoms with van der Waals surface area (Å²) in [5, 5.41) is 10.9. The van der Waals surface area contributed by atoms with Crippen molar-refractivity contribution in [2.75, 3.05) is 5.73 Å². The van der Waals surface area contributed by atoms with E-state index in [0.29, 0.717) is 0 Å². The third-order valence-corrected chi connectivity index (χ3v) is 6.89. The summed E-state index contributed by atoms with van der Waals surface area (Å²) in [6, 6.07) is 3.41. The van der Waals surface area contributed by atoms with Gasteiger partial charge in [0.25, 0.3) is 0 Å². The number of rotatable bonds is 1. The summed E-state index contributed by atoms with van der Waals surface area (Å²) < 4.78 is 48.4. The highest BCUT2D eigenvalue weighted by Crippen LogP contribution is 2.65. The Labute approximate surface area is 138 Å². The van der Waals surface area contributed by atoms with Crippen LogP contribution >= 0.6 is 10.6 Å². The van der Waals surface area contributed by atoms with Crippen LogP contribution < -0.4 is 11.1 Å². The van der Waals surface area contributed by atoms with Gasteiger partial charge in [0.15, 0.2) is 0 Å². The molecule has 7 nitrogen and oxygen atoms in total. The Balaban J connectivity index is 2.76. The van der Waals surface area contributed by atoms with Gasteiger partial charge in [-0.3, -0.25) is 19.4 Å². The molecule has 0 aromatic heterocycles. The summed E-state index contributed by atoms with van der Waals surface area (Å²) >= 11 is 0. The molecule has 0 saturated carbocycles. The van der Waals surface area contributed by atoms with Gasteiger partial charge in [-0.15, -0.1) is 0 Å². The van der Waals surface area contributed by atoms with Crippen molar-refractivity contribution in [2.45, 2.75) is 36.6 Å². The molecule has 1 aromatic rings. The van der Waals surface area contributed by atoms with E-state index in [2.05, 4.69) is 4.99 Å². The Morgan fingerprint density at radius 2 is 1.96 bits per heavy atom. The zero-order valence-electron chi connectivity index (χ0n) is 13.2. The maximum atomic E-state index is 15.1. The molecule has 2 atom stereocenters. The molecule has 1 aliphatic rings. The average Bonchev–Trinajstić information content (AvgIpc) is 2.46. The van der Waals surface area contributed by atoms with E-state index >= 15 is 4.39 Å². The highest BCUT2D eigenvalue weighted by atomic mass is 32.3. The molecule has 1 amide bonds. The first-order valence-electron chi connectivity index (χ1n) is 6.90. The zero-order chi connectivity index (χ0) is 18.5. The normalized spacial score (nSPS) is 29.5. The second kappa shape index (κ2) is 5.57. The van der Waals surface area contributed by atoms with Crippen LogP contribution in [0.1, 0.15) is 26.3 Å². The third kappa shape index (κ3) is 2.60. The number of nitrogens with one attached hydrogen (secondary N) is 1. The summed E-state index contributed by atoms with van der Waals surface area (Å²) in [6.07, 6.45) is -1.51. The van der Waals surface area contributed by atoms with Gasteiger partial charge in [0, 0.05) is 11.3 Å². The monoisotopic (exact) mass is 363 g/mol. The predicted molar refractivity (Wildman–Crippen MR) is 88.6 cm³/mol. The van der Waals surface area contributed by atoms with Gasteiger partial charge in [-0.05, 0) is 39.0 Å². The van der Waals surface area contributed by atoms with E-state index in [9.17, 15) is 18.3 Å². The molecule has 1 aliphatic heterocycles. The topological polar surface area (TPSA) is 128 Å². The number of amidine groups is 1. The van der Waals surface area contributed by atoms with Gasteiger partial charge in [0.1, 0.15) is 21.9 Å². The van der Waals surface area contributed by atoms with Gasteiger partial charge < -0.3 is 10.8 Å². The maximum absolute atomic E-state index is 15.1. The Kier molecular flexibility index (Phi) is 4.28. The van der Waals surface area contributed by atoms with E-state index in [0.717, 1.165) is 19.1 Å². The second-order valence-corrected chi connectivity index (χ2v) is 8.82. The van der Waals surface area contributed by atoms with Crippen molar-refractivity contribution in [1.82, 2.24) is 5.32 Å². The molecule has 1 unspecified atom stereocenters.